The summed E-state index contributed by atoms with van der Waals surface area (Å²) in [7, 11) is 0. The molecule has 2 aliphatic heterocycles. The third-order valence-corrected chi connectivity index (χ3v) is 14.2. The van der Waals surface area contributed by atoms with Gasteiger partial charge in [0.05, 0.1) is 0 Å². The molecule has 1 aliphatic carbocycles. The molecule has 0 saturated carbocycles. The molecule has 4 amide bonds. The van der Waals surface area contributed by atoms with E-state index >= 15 is 26.3 Å². The topological polar surface area (TPSA) is 74.8 Å². The summed E-state index contributed by atoms with van der Waals surface area (Å²) >= 11 is 1.89. The number of aryl methyl sites for hydroxylation is 2. The molecular weight excluding hydrogens is 835 g/mol. The van der Waals surface area contributed by atoms with Crippen LogP contribution >= 0.6 is 22.7 Å². The van der Waals surface area contributed by atoms with Crippen molar-refractivity contribution in [2.45, 2.75) is 71.1 Å². The number of amides is 4. The number of benzene rings is 4. The smallest absolute Gasteiger partial charge is 0.274 e. The molecule has 0 N–H and O–H groups in total. The fourth-order valence-corrected chi connectivity index (χ4v) is 11.1. The lowest BCUT2D eigenvalue weighted by Crippen LogP contribution is -2.48. The summed E-state index contributed by atoms with van der Waals surface area (Å²) in [6, 6.07) is 18.4. The minimum Gasteiger partial charge on any atom is -0.274 e. The van der Waals surface area contributed by atoms with Crippen LogP contribution in [0.15, 0.2) is 72.8 Å². The maximum absolute atomic E-state index is 16.3. The standard InChI is InChI=1S/C47H36F6N2O4S2/c1-5-7-19-54-41(56)29-13-9-11-27-25(15-17-31(37(27)29)43(54)58)35-21-33(23(3)60-35)39-40(46(50,51)47(52,53)45(39,48)49)34-22-36(61-24(34)4)26-16-18-32-38-28(26)12-10-14-30(38)42(57)55(44(32)59)20-8-6-2/h9-18,21-22H,5-8,19-20H2,1-4H3. The molecule has 0 unspecified atom stereocenters. The molecule has 0 saturated heterocycles. The molecule has 9 rings (SSSR count). The first-order chi connectivity index (χ1) is 29.0. The Morgan fingerprint density at radius 1 is 0.492 bits per heavy atom. The van der Waals surface area contributed by atoms with E-state index in [1.807, 2.05) is 13.8 Å². The van der Waals surface area contributed by atoms with Crippen LogP contribution in [0.3, 0.4) is 0 Å². The van der Waals surface area contributed by atoms with E-state index in [2.05, 4.69) is 0 Å². The van der Waals surface area contributed by atoms with Crippen molar-refractivity contribution >= 4 is 79.0 Å². The van der Waals surface area contributed by atoms with E-state index in [4.69, 9.17) is 0 Å². The highest BCUT2D eigenvalue weighted by Gasteiger charge is 2.80. The summed E-state index contributed by atoms with van der Waals surface area (Å²) in [5.74, 6) is -18.3. The largest absolute Gasteiger partial charge is 0.380 e. The van der Waals surface area contributed by atoms with Crippen LogP contribution in [0.5, 0.6) is 0 Å². The molecule has 6 aromatic rings. The van der Waals surface area contributed by atoms with Crippen LogP contribution in [0, 0.1) is 13.8 Å². The zero-order chi connectivity index (χ0) is 43.5. The number of hydrogen-bond donors (Lipinski definition) is 0. The van der Waals surface area contributed by atoms with Gasteiger partial charge in [-0.1, -0.05) is 63.1 Å². The van der Waals surface area contributed by atoms with Crippen LogP contribution in [0.1, 0.15) is 102 Å². The van der Waals surface area contributed by atoms with Gasteiger partial charge in [0.15, 0.2) is 0 Å². The predicted octanol–water partition coefficient (Wildman–Crippen LogP) is 12.7. The number of nitrogens with zero attached hydrogens (tertiary/aromatic N) is 2. The molecule has 0 atom stereocenters. The summed E-state index contributed by atoms with van der Waals surface area (Å²) in [5, 5.41) is 1.61. The summed E-state index contributed by atoms with van der Waals surface area (Å²) in [5.41, 5.74) is -2.02. The molecule has 312 valence electrons. The van der Waals surface area contributed by atoms with Gasteiger partial charge in [0, 0.05) is 76.8 Å². The minimum atomic E-state index is -5.80. The molecule has 61 heavy (non-hydrogen) atoms. The Morgan fingerprint density at radius 2 is 0.836 bits per heavy atom. The summed E-state index contributed by atoms with van der Waals surface area (Å²) < 4.78 is 96.5. The third kappa shape index (κ3) is 5.66. The van der Waals surface area contributed by atoms with Crippen molar-refractivity contribution in [1.29, 1.82) is 0 Å². The van der Waals surface area contributed by atoms with Gasteiger partial charge in [0.25, 0.3) is 23.6 Å². The van der Waals surface area contributed by atoms with Crippen LogP contribution in [0.4, 0.5) is 26.3 Å². The SMILES string of the molecule is CCCCN1C(=O)c2cccc3c(-c4cc(C5=C(c6cc(-c7ccc8c9c(cccc79)C(=O)N(CCCC)C8=O)sc6C)C(F)(F)C(F)(F)C5(F)F)c(C)s4)ccc(c23)C1=O. The van der Waals surface area contributed by atoms with E-state index in [0.717, 1.165) is 35.5 Å². The second-order valence-corrected chi connectivity index (χ2v) is 18.2. The average Bonchev–Trinajstić information content (AvgIpc) is 3.83. The average molecular weight is 871 g/mol. The van der Waals surface area contributed by atoms with Gasteiger partial charge in [-0.2, -0.15) is 26.3 Å². The number of unbranched alkanes of at least 4 members (excludes halogenated alkanes) is 2. The van der Waals surface area contributed by atoms with Gasteiger partial charge < -0.3 is 0 Å². The molecule has 6 nitrogen and oxygen atoms in total. The molecule has 0 bridgehead atoms. The molecule has 0 fully saturated rings. The molecule has 4 heterocycles. The quantitative estimate of drug-likeness (QED) is 0.102. The Morgan fingerprint density at radius 3 is 1.20 bits per heavy atom. The highest BCUT2D eigenvalue weighted by molar-refractivity contribution is 7.16. The minimum absolute atomic E-state index is 0.0769. The van der Waals surface area contributed by atoms with Crippen molar-refractivity contribution in [1.82, 2.24) is 9.80 Å². The number of carbonyl (C=O) groups is 4. The number of allylic oxidation sites excluding steroid dienone is 2. The van der Waals surface area contributed by atoms with E-state index < -0.39 is 63.7 Å². The number of imide groups is 2. The fourth-order valence-electron chi connectivity index (χ4n) is 8.92. The number of alkyl halides is 6. The van der Waals surface area contributed by atoms with Gasteiger partial charge in [0.1, 0.15) is 0 Å². The zero-order valence-corrected chi connectivity index (χ0v) is 34.9. The Bertz CT molecular complexity index is 2720. The fraction of sp³-hybridized carbons (Fsp3) is 0.277. The Hall–Kier alpha value is -5.60. The van der Waals surface area contributed by atoms with Crippen molar-refractivity contribution < 1.29 is 45.5 Å². The second kappa shape index (κ2) is 14.2. The van der Waals surface area contributed by atoms with Crippen LogP contribution in [-0.2, 0) is 0 Å². The van der Waals surface area contributed by atoms with E-state index in [-0.39, 0.29) is 54.9 Å². The van der Waals surface area contributed by atoms with Gasteiger partial charge in [-0.3, -0.25) is 29.0 Å². The van der Waals surface area contributed by atoms with Gasteiger partial charge in [-0.15, -0.1) is 22.7 Å². The second-order valence-electron chi connectivity index (χ2n) is 15.6. The lowest BCUT2D eigenvalue weighted by atomic mass is 9.89. The number of thiophene rings is 2. The Kier molecular flexibility index (Phi) is 9.52. The molecule has 0 spiro atoms. The monoisotopic (exact) mass is 870 g/mol. The van der Waals surface area contributed by atoms with E-state index in [9.17, 15) is 19.2 Å². The summed E-state index contributed by atoms with van der Waals surface area (Å²) in [6.07, 6.45) is 2.73. The van der Waals surface area contributed by atoms with Crippen LogP contribution < -0.4 is 0 Å². The molecule has 0 radical (unpaired) electrons. The molecule has 4 aromatic carbocycles. The van der Waals surface area contributed by atoms with E-state index in [0.29, 0.717) is 45.5 Å². The predicted molar refractivity (Wildman–Crippen MR) is 226 cm³/mol. The Labute approximate surface area is 354 Å². The van der Waals surface area contributed by atoms with Crippen LogP contribution in [-0.4, -0.2) is 64.3 Å². The van der Waals surface area contributed by atoms with Crippen molar-refractivity contribution in [2.24, 2.45) is 0 Å². The van der Waals surface area contributed by atoms with E-state index in [1.54, 1.807) is 48.5 Å². The molecule has 3 aliphatic rings. The number of halogens is 6. The van der Waals surface area contributed by atoms with Crippen molar-refractivity contribution in [3.8, 4) is 20.9 Å². The summed E-state index contributed by atoms with van der Waals surface area (Å²) in [6.45, 7) is 7.13. The maximum Gasteiger partial charge on any atom is 0.380 e. The lowest BCUT2D eigenvalue weighted by molar-refractivity contribution is -0.254. The first kappa shape index (κ1) is 40.8. The van der Waals surface area contributed by atoms with Gasteiger partial charge in [-0.05, 0) is 96.1 Å². The summed E-state index contributed by atoms with van der Waals surface area (Å²) in [4.78, 5) is 57.2. The Balaban J connectivity index is 1.19. The highest BCUT2D eigenvalue weighted by Crippen LogP contribution is 2.66. The lowest BCUT2D eigenvalue weighted by Gasteiger charge is -2.27. The molecule has 2 aromatic heterocycles. The first-order valence-corrected chi connectivity index (χ1v) is 21.6. The van der Waals surface area contributed by atoms with Crippen molar-refractivity contribution in [3.05, 3.63) is 116 Å². The number of hydrogen-bond acceptors (Lipinski definition) is 6. The number of carbonyl (C=O) groups excluding carboxylic acids is 4. The van der Waals surface area contributed by atoms with Gasteiger partial charge >= 0.3 is 17.8 Å². The number of rotatable bonds is 10. The zero-order valence-electron chi connectivity index (χ0n) is 33.3. The third-order valence-electron chi connectivity index (χ3n) is 12.0. The maximum atomic E-state index is 16.3. The van der Waals surface area contributed by atoms with Gasteiger partial charge in [-0.25, -0.2) is 0 Å². The highest BCUT2D eigenvalue weighted by atomic mass is 32.1. The normalized spacial score (nSPS) is 17.8. The van der Waals surface area contributed by atoms with Crippen LogP contribution in [0.2, 0.25) is 0 Å². The van der Waals surface area contributed by atoms with Crippen molar-refractivity contribution in [2.75, 3.05) is 13.1 Å². The van der Waals surface area contributed by atoms with Crippen LogP contribution in [0.25, 0.3) is 53.6 Å². The molecular formula is C47H36F6N2O4S2. The molecule has 14 heteroatoms. The van der Waals surface area contributed by atoms with Crippen molar-refractivity contribution in [3.63, 3.8) is 0 Å². The van der Waals surface area contributed by atoms with Gasteiger partial charge in [0.2, 0.25) is 0 Å². The van der Waals surface area contributed by atoms with E-state index in [1.165, 1.54) is 47.9 Å². The first-order valence-electron chi connectivity index (χ1n) is 19.9.